The summed E-state index contributed by atoms with van der Waals surface area (Å²) in [5.41, 5.74) is 3.96. The summed E-state index contributed by atoms with van der Waals surface area (Å²) in [4.78, 5) is 33.2. The fourth-order valence-corrected chi connectivity index (χ4v) is 3.98. The number of H-pyrrole nitrogens is 1. The van der Waals surface area contributed by atoms with Gasteiger partial charge in [-0.05, 0) is 41.3 Å². The summed E-state index contributed by atoms with van der Waals surface area (Å²) in [5, 5.41) is 7.28. The first kappa shape index (κ1) is 23.2. The summed E-state index contributed by atoms with van der Waals surface area (Å²) >= 11 is 0. The second-order valence-electron chi connectivity index (χ2n) is 8.13. The highest BCUT2D eigenvalue weighted by molar-refractivity contribution is 5.89. The normalized spacial score (nSPS) is 12.7. The first-order valence-corrected chi connectivity index (χ1v) is 11.2. The molecule has 1 amide bonds. The van der Waals surface area contributed by atoms with Crippen molar-refractivity contribution in [1.82, 2.24) is 20.6 Å². The van der Waals surface area contributed by atoms with Gasteiger partial charge in [0.05, 0.1) is 13.2 Å². The third kappa shape index (κ3) is 5.88. The summed E-state index contributed by atoms with van der Waals surface area (Å²) in [5.74, 6) is -0.737. The van der Waals surface area contributed by atoms with Crippen LogP contribution in [0.3, 0.4) is 0 Å². The lowest BCUT2D eigenvalue weighted by Gasteiger charge is -2.22. The number of aromatic amines is 1. The SMILES string of the molecule is COC(=O)[C@@H](Cc1c[nH]c2ccccc12)NC(=O)[C@H](Cc1ccccc1)NCc1ccncc1. The number of amides is 1. The Bertz CT molecular complexity index is 1220. The van der Waals surface area contributed by atoms with E-state index in [0.29, 0.717) is 19.4 Å². The molecule has 4 aromatic rings. The third-order valence-electron chi connectivity index (χ3n) is 5.80. The van der Waals surface area contributed by atoms with Crippen molar-refractivity contribution in [3.8, 4) is 0 Å². The van der Waals surface area contributed by atoms with Crippen LogP contribution >= 0.6 is 0 Å². The van der Waals surface area contributed by atoms with Crippen molar-refractivity contribution in [3.05, 3.63) is 102 Å². The number of esters is 1. The number of carbonyl (C=O) groups is 2. The first-order chi connectivity index (χ1) is 16.6. The second kappa shape index (κ2) is 11.2. The number of ether oxygens (including phenoxy) is 1. The van der Waals surface area contributed by atoms with Crippen LogP contribution in [0.1, 0.15) is 16.7 Å². The van der Waals surface area contributed by atoms with E-state index >= 15 is 0 Å². The van der Waals surface area contributed by atoms with Crippen LogP contribution in [0.5, 0.6) is 0 Å². The van der Waals surface area contributed by atoms with Gasteiger partial charge < -0.3 is 20.4 Å². The zero-order chi connectivity index (χ0) is 23.8. The van der Waals surface area contributed by atoms with Crippen molar-refractivity contribution in [2.45, 2.75) is 31.5 Å². The van der Waals surface area contributed by atoms with Crippen LogP contribution < -0.4 is 10.6 Å². The number of hydrogen-bond acceptors (Lipinski definition) is 5. The molecule has 2 atom stereocenters. The van der Waals surface area contributed by atoms with E-state index in [1.807, 2.05) is 72.9 Å². The van der Waals surface area contributed by atoms with Crippen molar-refractivity contribution in [2.75, 3.05) is 7.11 Å². The van der Waals surface area contributed by atoms with Crippen molar-refractivity contribution in [1.29, 1.82) is 0 Å². The van der Waals surface area contributed by atoms with Crippen molar-refractivity contribution < 1.29 is 14.3 Å². The van der Waals surface area contributed by atoms with E-state index in [0.717, 1.165) is 27.6 Å². The molecule has 4 rings (SSSR count). The maximum atomic E-state index is 13.4. The molecule has 0 aliphatic rings. The number of benzene rings is 2. The average Bonchev–Trinajstić information content (AvgIpc) is 3.29. The van der Waals surface area contributed by atoms with E-state index in [-0.39, 0.29) is 5.91 Å². The van der Waals surface area contributed by atoms with Crippen LogP contribution in [0.15, 0.2) is 85.3 Å². The minimum absolute atomic E-state index is 0.256. The molecule has 2 aromatic carbocycles. The Kier molecular flexibility index (Phi) is 7.67. The molecule has 0 radical (unpaired) electrons. The fourth-order valence-electron chi connectivity index (χ4n) is 3.98. The van der Waals surface area contributed by atoms with Gasteiger partial charge in [-0.1, -0.05) is 48.5 Å². The summed E-state index contributed by atoms with van der Waals surface area (Å²) in [6.07, 6.45) is 6.12. The molecule has 0 aliphatic heterocycles. The molecule has 7 nitrogen and oxygen atoms in total. The van der Waals surface area contributed by atoms with Crippen LogP contribution in [0.4, 0.5) is 0 Å². The van der Waals surface area contributed by atoms with Crippen molar-refractivity contribution in [3.63, 3.8) is 0 Å². The van der Waals surface area contributed by atoms with Gasteiger partial charge in [-0.3, -0.25) is 9.78 Å². The highest BCUT2D eigenvalue weighted by Gasteiger charge is 2.27. The quantitative estimate of drug-likeness (QED) is 0.319. The molecule has 174 valence electrons. The minimum Gasteiger partial charge on any atom is -0.467 e. The molecule has 3 N–H and O–H groups in total. The van der Waals surface area contributed by atoms with E-state index < -0.39 is 18.1 Å². The Labute approximate surface area is 198 Å². The van der Waals surface area contributed by atoms with E-state index in [2.05, 4.69) is 20.6 Å². The zero-order valence-electron chi connectivity index (χ0n) is 19.0. The van der Waals surface area contributed by atoms with Gasteiger partial charge in [0.15, 0.2) is 0 Å². The number of nitrogens with zero attached hydrogens (tertiary/aromatic N) is 1. The molecule has 0 unspecified atom stereocenters. The number of rotatable bonds is 10. The average molecular weight is 457 g/mol. The maximum Gasteiger partial charge on any atom is 0.328 e. The molecule has 2 aromatic heterocycles. The van der Waals surface area contributed by atoms with Gasteiger partial charge >= 0.3 is 5.97 Å². The molecule has 2 heterocycles. The maximum absolute atomic E-state index is 13.4. The molecule has 0 saturated heterocycles. The molecule has 0 saturated carbocycles. The lowest BCUT2D eigenvalue weighted by Crippen LogP contribution is -2.51. The Morgan fingerprint density at radius 1 is 0.912 bits per heavy atom. The number of para-hydroxylation sites is 1. The standard InChI is InChI=1S/C27H28N4O3/c1-34-27(33)25(16-21-18-30-23-10-6-5-9-22(21)23)31-26(32)24(15-19-7-3-2-4-8-19)29-17-20-11-13-28-14-12-20/h2-14,18,24-25,29-30H,15-17H2,1H3,(H,31,32)/t24-,25+/m0/s1. The van der Waals surface area contributed by atoms with E-state index in [1.54, 1.807) is 12.4 Å². The Balaban J connectivity index is 1.51. The van der Waals surface area contributed by atoms with Crippen LogP contribution in [-0.2, 0) is 33.7 Å². The zero-order valence-corrected chi connectivity index (χ0v) is 19.0. The van der Waals surface area contributed by atoms with Crippen LogP contribution in [0, 0.1) is 0 Å². The number of pyridine rings is 1. The fraction of sp³-hybridized carbons (Fsp3) is 0.222. The van der Waals surface area contributed by atoms with Gasteiger partial charge in [-0.25, -0.2) is 4.79 Å². The smallest absolute Gasteiger partial charge is 0.328 e. The highest BCUT2D eigenvalue weighted by Crippen LogP contribution is 2.19. The summed E-state index contributed by atoms with van der Waals surface area (Å²) < 4.78 is 5.01. The predicted molar refractivity (Wildman–Crippen MR) is 131 cm³/mol. The molecule has 0 fully saturated rings. The van der Waals surface area contributed by atoms with Crippen molar-refractivity contribution in [2.24, 2.45) is 0 Å². The molecular weight excluding hydrogens is 428 g/mol. The summed E-state index contributed by atoms with van der Waals surface area (Å²) in [6.45, 7) is 0.499. The molecule has 0 bridgehead atoms. The second-order valence-corrected chi connectivity index (χ2v) is 8.13. The van der Waals surface area contributed by atoms with Gasteiger partial charge in [-0.15, -0.1) is 0 Å². The Morgan fingerprint density at radius 2 is 1.65 bits per heavy atom. The molecule has 34 heavy (non-hydrogen) atoms. The molecular formula is C27H28N4O3. The predicted octanol–water partition coefficient (Wildman–Crippen LogP) is 3.16. The number of nitrogens with one attached hydrogen (secondary N) is 3. The number of carbonyl (C=O) groups excluding carboxylic acids is 2. The lowest BCUT2D eigenvalue weighted by atomic mass is 10.0. The first-order valence-electron chi connectivity index (χ1n) is 11.2. The van der Waals surface area contributed by atoms with Crippen LogP contribution in [0.25, 0.3) is 10.9 Å². The Morgan fingerprint density at radius 3 is 2.41 bits per heavy atom. The van der Waals surface area contributed by atoms with Crippen LogP contribution in [0.2, 0.25) is 0 Å². The molecule has 0 spiro atoms. The van der Waals surface area contributed by atoms with E-state index in [9.17, 15) is 9.59 Å². The van der Waals surface area contributed by atoms with Gasteiger partial charge in [-0.2, -0.15) is 0 Å². The monoisotopic (exact) mass is 456 g/mol. The van der Waals surface area contributed by atoms with Gasteiger partial charge in [0.25, 0.3) is 0 Å². The van der Waals surface area contributed by atoms with Crippen LogP contribution in [-0.4, -0.2) is 41.0 Å². The van der Waals surface area contributed by atoms with Gasteiger partial charge in [0.2, 0.25) is 5.91 Å². The Hall–Kier alpha value is -3.97. The number of aromatic nitrogens is 2. The molecule has 7 heteroatoms. The largest absolute Gasteiger partial charge is 0.467 e. The van der Waals surface area contributed by atoms with Crippen molar-refractivity contribution >= 4 is 22.8 Å². The number of fused-ring (bicyclic) bond motifs is 1. The number of hydrogen-bond donors (Lipinski definition) is 3. The van der Waals surface area contributed by atoms with E-state index in [4.69, 9.17) is 4.74 Å². The minimum atomic E-state index is -0.808. The highest BCUT2D eigenvalue weighted by atomic mass is 16.5. The van der Waals surface area contributed by atoms with Gasteiger partial charge in [0.1, 0.15) is 6.04 Å². The van der Waals surface area contributed by atoms with Gasteiger partial charge in [0, 0.05) is 42.5 Å². The lowest BCUT2D eigenvalue weighted by molar-refractivity contribution is -0.145. The number of methoxy groups -OCH3 is 1. The topological polar surface area (TPSA) is 96.1 Å². The summed E-state index contributed by atoms with van der Waals surface area (Å²) in [7, 11) is 1.33. The molecule has 0 aliphatic carbocycles. The van der Waals surface area contributed by atoms with E-state index in [1.165, 1.54) is 7.11 Å². The summed E-state index contributed by atoms with van der Waals surface area (Å²) in [6, 6.07) is 20.1. The third-order valence-corrected chi connectivity index (χ3v) is 5.80.